The molecule has 0 aromatic rings. The minimum absolute atomic E-state index is 0.0448. The van der Waals surface area contributed by atoms with E-state index in [1.54, 1.807) is 6.08 Å². The molecule has 0 unspecified atom stereocenters. The van der Waals surface area contributed by atoms with E-state index in [2.05, 4.69) is 0 Å². The second kappa shape index (κ2) is 11.9. The van der Waals surface area contributed by atoms with Gasteiger partial charge in [-0.25, -0.2) is 14.4 Å². The number of ether oxygens (including phenoxy) is 3. The van der Waals surface area contributed by atoms with Gasteiger partial charge in [0.1, 0.15) is 25.4 Å². The number of allylic oxidation sites excluding steroid dienone is 2. The Morgan fingerprint density at radius 1 is 1.10 bits per heavy atom. The molecule has 0 aromatic carbocycles. The second-order valence-electron chi connectivity index (χ2n) is 12.2. The van der Waals surface area contributed by atoms with Crippen molar-refractivity contribution in [1.29, 1.82) is 0 Å². The molecule has 2 aliphatic heterocycles. The third kappa shape index (κ3) is 5.74. The first-order chi connectivity index (χ1) is 18.9. The van der Waals surface area contributed by atoms with Crippen LogP contribution in [0.25, 0.3) is 0 Å². The van der Waals surface area contributed by atoms with Gasteiger partial charge < -0.3 is 29.5 Å². The van der Waals surface area contributed by atoms with Crippen LogP contribution in [0.1, 0.15) is 53.4 Å². The van der Waals surface area contributed by atoms with Crippen LogP contribution in [0.3, 0.4) is 0 Å². The van der Waals surface area contributed by atoms with Crippen LogP contribution in [0.5, 0.6) is 0 Å². The number of hydrogen-bond donors (Lipinski definition) is 3. The van der Waals surface area contributed by atoms with E-state index in [1.165, 1.54) is 6.08 Å². The number of fused-ring (bicyclic) bond motifs is 1. The Kier molecular flexibility index (Phi) is 8.89. The Hall–Kier alpha value is -2.98. The number of cyclic esters (lactones) is 2. The zero-order valence-electron chi connectivity index (χ0n) is 23.6. The van der Waals surface area contributed by atoms with Crippen molar-refractivity contribution in [3.63, 3.8) is 0 Å². The summed E-state index contributed by atoms with van der Waals surface area (Å²) in [6.45, 7) is 6.71. The average molecular weight is 561 g/mol. The number of hydrogen-bond acceptors (Lipinski definition) is 9. The summed E-state index contributed by atoms with van der Waals surface area (Å²) >= 11 is 0. The molecule has 220 valence electrons. The van der Waals surface area contributed by atoms with Crippen molar-refractivity contribution in [2.24, 2.45) is 41.4 Å². The zero-order valence-corrected chi connectivity index (χ0v) is 23.6. The maximum absolute atomic E-state index is 13.2. The summed E-state index contributed by atoms with van der Waals surface area (Å²) in [6, 6.07) is 0. The van der Waals surface area contributed by atoms with Gasteiger partial charge in [-0.2, -0.15) is 0 Å². The summed E-state index contributed by atoms with van der Waals surface area (Å²) in [5.41, 5.74) is -0.429. The topological polar surface area (TPSA) is 157 Å². The zero-order chi connectivity index (χ0) is 29.4. The molecule has 1 fully saturated rings. The van der Waals surface area contributed by atoms with Gasteiger partial charge in [-0.05, 0) is 60.8 Å². The number of aliphatic hydroxyl groups excluding tert-OH is 1. The fraction of sp³-hybridized carbons (Fsp3) is 0.667. The quantitative estimate of drug-likeness (QED) is 0.229. The highest BCUT2D eigenvalue weighted by molar-refractivity contribution is 5.94. The van der Waals surface area contributed by atoms with Crippen LogP contribution < -0.4 is 0 Å². The van der Waals surface area contributed by atoms with Gasteiger partial charge in [-0.1, -0.05) is 39.8 Å². The molecule has 0 aromatic heterocycles. The lowest BCUT2D eigenvalue weighted by Crippen LogP contribution is -2.55. The fourth-order valence-corrected chi connectivity index (χ4v) is 6.96. The lowest BCUT2D eigenvalue weighted by molar-refractivity contribution is -0.181. The van der Waals surface area contributed by atoms with Gasteiger partial charge in [0.25, 0.3) is 0 Å². The van der Waals surface area contributed by atoms with Crippen LogP contribution in [-0.4, -0.2) is 71.2 Å². The van der Waals surface area contributed by atoms with E-state index < -0.39 is 67.1 Å². The van der Waals surface area contributed by atoms with Gasteiger partial charge in [0.05, 0.1) is 23.7 Å². The van der Waals surface area contributed by atoms with Crippen LogP contribution in [0.15, 0.2) is 34.4 Å². The minimum atomic E-state index is -1.79. The standard InChI is InChI=1S/C30H40O10/c1-15(2)20-6-5-17-12-38-28(35)24(17)22(20)9-18(11-31)27(34)40-14-30(37)8-7-21(16(3)4)23-10-19(26(32)33)13-39-29(36)25(23)30/h9-10,15-16,20-23,25,31,37H,5-8,11-14H2,1-4H3,(H,32,33)/b18-9-/t20-,21-,22-,23-,25-,30-/m1/s1. The van der Waals surface area contributed by atoms with Crippen LogP contribution in [0.2, 0.25) is 0 Å². The Bertz CT molecular complexity index is 1150. The number of aliphatic carboxylic acids is 1. The average Bonchev–Trinajstić information content (AvgIpc) is 3.18. The number of carboxylic acids is 1. The van der Waals surface area contributed by atoms with Gasteiger partial charge in [-0.3, -0.25) is 4.79 Å². The molecule has 0 amide bonds. The highest BCUT2D eigenvalue weighted by Crippen LogP contribution is 2.48. The van der Waals surface area contributed by atoms with Crippen molar-refractivity contribution in [2.45, 2.75) is 59.0 Å². The molecule has 6 atom stereocenters. The number of carboxylic acid groups (broad SMARTS) is 1. The van der Waals surface area contributed by atoms with Gasteiger partial charge in [0.15, 0.2) is 0 Å². The van der Waals surface area contributed by atoms with Crippen molar-refractivity contribution in [1.82, 2.24) is 0 Å². The van der Waals surface area contributed by atoms with E-state index >= 15 is 0 Å². The highest BCUT2D eigenvalue weighted by Gasteiger charge is 2.54. The van der Waals surface area contributed by atoms with Crippen LogP contribution >= 0.6 is 0 Å². The summed E-state index contributed by atoms with van der Waals surface area (Å²) in [4.78, 5) is 50.5. The van der Waals surface area contributed by atoms with Gasteiger partial charge >= 0.3 is 23.9 Å². The van der Waals surface area contributed by atoms with Crippen molar-refractivity contribution in [3.05, 3.63) is 34.4 Å². The van der Waals surface area contributed by atoms with E-state index in [-0.39, 0.29) is 47.8 Å². The SMILES string of the molecule is CC(C)[C@H]1CC[C@@](O)(COC(=O)/C(=C\[C@H]2C3=C(CC[C@@H]2C(C)C)COC3=O)CO)[C@H]2C(=O)OCC(C(=O)O)=C[C@H]12. The summed E-state index contributed by atoms with van der Waals surface area (Å²) in [5.74, 6) is -5.05. The number of carbonyl (C=O) groups is 4. The summed E-state index contributed by atoms with van der Waals surface area (Å²) in [5, 5.41) is 31.3. The highest BCUT2D eigenvalue weighted by atomic mass is 16.6. The number of rotatable bonds is 8. The fourth-order valence-electron chi connectivity index (χ4n) is 6.96. The van der Waals surface area contributed by atoms with E-state index in [9.17, 15) is 34.5 Å². The second-order valence-corrected chi connectivity index (χ2v) is 12.2. The summed E-state index contributed by atoms with van der Waals surface area (Å²) in [7, 11) is 0. The molecule has 1 saturated carbocycles. The Balaban J connectivity index is 1.58. The summed E-state index contributed by atoms with van der Waals surface area (Å²) in [6.07, 6.45) is 5.29. The van der Waals surface area contributed by atoms with E-state index in [0.29, 0.717) is 12.0 Å². The van der Waals surface area contributed by atoms with Gasteiger partial charge in [0.2, 0.25) is 0 Å². The van der Waals surface area contributed by atoms with Crippen LogP contribution in [0.4, 0.5) is 0 Å². The molecule has 0 saturated heterocycles. The Labute approximate surface area is 234 Å². The third-order valence-corrected chi connectivity index (χ3v) is 9.19. The molecule has 0 spiro atoms. The maximum atomic E-state index is 13.2. The molecular formula is C30H40O10. The summed E-state index contributed by atoms with van der Waals surface area (Å²) < 4.78 is 16.0. The van der Waals surface area contributed by atoms with E-state index in [4.69, 9.17) is 14.2 Å². The van der Waals surface area contributed by atoms with Gasteiger partial charge in [-0.15, -0.1) is 0 Å². The predicted octanol–water partition coefficient (Wildman–Crippen LogP) is 2.58. The molecule has 4 aliphatic rings. The molecule has 10 nitrogen and oxygen atoms in total. The lowest BCUT2D eigenvalue weighted by atomic mass is 9.61. The smallest absolute Gasteiger partial charge is 0.336 e. The first-order valence-electron chi connectivity index (χ1n) is 14.1. The molecule has 4 rings (SSSR count). The maximum Gasteiger partial charge on any atom is 0.336 e. The monoisotopic (exact) mass is 560 g/mol. The third-order valence-electron chi connectivity index (χ3n) is 9.19. The van der Waals surface area contributed by atoms with Crippen LogP contribution in [-0.2, 0) is 33.4 Å². The van der Waals surface area contributed by atoms with Gasteiger partial charge in [0, 0.05) is 11.5 Å². The number of carbonyl (C=O) groups excluding carboxylic acids is 3. The number of esters is 3. The minimum Gasteiger partial charge on any atom is -0.478 e. The normalized spacial score (nSPS) is 32.6. The molecule has 2 aliphatic carbocycles. The lowest BCUT2D eigenvalue weighted by Gasteiger charge is -2.46. The van der Waals surface area contributed by atoms with E-state index in [1.807, 2.05) is 27.7 Å². The molecule has 40 heavy (non-hydrogen) atoms. The van der Waals surface area contributed by atoms with Crippen molar-refractivity contribution < 1.29 is 48.7 Å². The molecule has 0 bridgehead atoms. The molecular weight excluding hydrogens is 520 g/mol. The Morgan fingerprint density at radius 3 is 2.42 bits per heavy atom. The number of aliphatic hydroxyl groups is 2. The Morgan fingerprint density at radius 2 is 1.80 bits per heavy atom. The van der Waals surface area contributed by atoms with Crippen molar-refractivity contribution >= 4 is 23.9 Å². The predicted molar refractivity (Wildman–Crippen MR) is 141 cm³/mol. The molecule has 0 radical (unpaired) electrons. The largest absolute Gasteiger partial charge is 0.478 e. The molecule has 10 heteroatoms. The molecule has 3 N–H and O–H groups in total. The van der Waals surface area contributed by atoms with Crippen LogP contribution in [0, 0.1) is 41.4 Å². The first kappa shape index (κ1) is 30.0. The van der Waals surface area contributed by atoms with Crippen molar-refractivity contribution in [2.75, 3.05) is 26.4 Å². The van der Waals surface area contributed by atoms with E-state index in [0.717, 1.165) is 18.4 Å². The first-order valence-corrected chi connectivity index (χ1v) is 14.1. The molecule has 2 heterocycles. The van der Waals surface area contributed by atoms with Crippen molar-refractivity contribution in [3.8, 4) is 0 Å².